The molecule has 0 heterocycles. The van der Waals surface area contributed by atoms with Gasteiger partial charge < -0.3 is 4.74 Å². The van der Waals surface area contributed by atoms with Crippen molar-refractivity contribution in [2.45, 2.75) is 6.92 Å². The van der Waals surface area contributed by atoms with E-state index in [2.05, 4.69) is 0 Å². The van der Waals surface area contributed by atoms with Gasteiger partial charge in [0.05, 0.1) is 17.2 Å². The van der Waals surface area contributed by atoms with E-state index in [1.807, 2.05) is 31.2 Å². The second kappa shape index (κ2) is 4.54. The standard InChI is InChI=1S/C10H10Cl2O/c1-3-4-7-5-8(11)10(13-2)9(12)6-7/h3-6H,1-2H3/b4-3+. The summed E-state index contributed by atoms with van der Waals surface area (Å²) in [6, 6.07) is 3.62. The van der Waals surface area contributed by atoms with Crippen molar-refractivity contribution in [3.05, 3.63) is 33.8 Å². The topological polar surface area (TPSA) is 9.23 Å². The molecule has 0 aliphatic heterocycles. The number of rotatable bonds is 2. The van der Waals surface area contributed by atoms with Gasteiger partial charge in [-0.15, -0.1) is 0 Å². The van der Waals surface area contributed by atoms with Crippen LogP contribution in [0.3, 0.4) is 0 Å². The van der Waals surface area contributed by atoms with E-state index in [-0.39, 0.29) is 0 Å². The Hall–Kier alpha value is -0.660. The Kier molecular flexibility index (Phi) is 3.64. The first kappa shape index (κ1) is 10.4. The average Bonchev–Trinajstić information content (AvgIpc) is 2.04. The van der Waals surface area contributed by atoms with Gasteiger partial charge in [-0.1, -0.05) is 35.4 Å². The molecule has 0 aromatic heterocycles. The summed E-state index contributed by atoms with van der Waals surface area (Å²) >= 11 is 11.9. The molecule has 0 aliphatic carbocycles. The van der Waals surface area contributed by atoms with Gasteiger partial charge in [0.2, 0.25) is 0 Å². The van der Waals surface area contributed by atoms with Crippen molar-refractivity contribution in [2.75, 3.05) is 7.11 Å². The summed E-state index contributed by atoms with van der Waals surface area (Å²) in [5.41, 5.74) is 0.971. The summed E-state index contributed by atoms with van der Waals surface area (Å²) in [6.07, 6.45) is 3.85. The third-order valence-electron chi connectivity index (χ3n) is 1.58. The van der Waals surface area contributed by atoms with Gasteiger partial charge in [-0.05, 0) is 24.6 Å². The molecule has 1 rings (SSSR count). The second-order valence-corrected chi connectivity index (χ2v) is 3.33. The van der Waals surface area contributed by atoms with Crippen LogP contribution in [0.5, 0.6) is 5.75 Å². The zero-order valence-corrected chi connectivity index (χ0v) is 8.99. The van der Waals surface area contributed by atoms with E-state index < -0.39 is 0 Å². The number of benzene rings is 1. The summed E-state index contributed by atoms with van der Waals surface area (Å²) < 4.78 is 5.02. The van der Waals surface area contributed by atoms with Crippen LogP contribution < -0.4 is 4.74 Å². The Balaban J connectivity index is 3.20. The van der Waals surface area contributed by atoms with Crippen molar-refractivity contribution >= 4 is 29.3 Å². The predicted octanol–water partition coefficient (Wildman–Crippen LogP) is 4.04. The summed E-state index contributed by atoms with van der Waals surface area (Å²) in [4.78, 5) is 0. The largest absolute Gasteiger partial charge is 0.494 e. The molecular formula is C10H10Cl2O. The lowest BCUT2D eigenvalue weighted by atomic mass is 10.2. The molecule has 0 bridgehead atoms. The number of methoxy groups -OCH3 is 1. The van der Waals surface area contributed by atoms with Gasteiger partial charge in [-0.2, -0.15) is 0 Å². The fourth-order valence-corrected chi connectivity index (χ4v) is 1.72. The minimum absolute atomic E-state index is 0.525. The highest BCUT2D eigenvalue weighted by Gasteiger charge is 2.06. The van der Waals surface area contributed by atoms with Gasteiger partial charge in [-0.3, -0.25) is 0 Å². The molecule has 0 saturated carbocycles. The van der Waals surface area contributed by atoms with Gasteiger partial charge in [0.15, 0.2) is 5.75 Å². The molecule has 1 nitrogen and oxygen atoms in total. The maximum atomic E-state index is 5.93. The molecule has 0 aliphatic rings. The van der Waals surface area contributed by atoms with E-state index in [0.29, 0.717) is 15.8 Å². The van der Waals surface area contributed by atoms with E-state index in [4.69, 9.17) is 27.9 Å². The molecule has 3 heteroatoms. The van der Waals surface area contributed by atoms with E-state index in [1.54, 1.807) is 7.11 Å². The number of ether oxygens (including phenoxy) is 1. The minimum atomic E-state index is 0.525. The van der Waals surface area contributed by atoms with Crippen LogP contribution in [-0.2, 0) is 0 Å². The summed E-state index contributed by atoms with van der Waals surface area (Å²) in [5, 5.41) is 1.06. The molecule has 0 amide bonds. The zero-order valence-electron chi connectivity index (χ0n) is 7.47. The van der Waals surface area contributed by atoms with E-state index >= 15 is 0 Å². The van der Waals surface area contributed by atoms with Gasteiger partial charge in [0, 0.05) is 0 Å². The molecule has 1 aromatic carbocycles. The van der Waals surface area contributed by atoms with Crippen molar-refractivity contribution in [1.82, 2.24) is 0 Å². The van der Waals surface area contributed by atoms with Crippen LogP contribution in [0.2, 0.25) is 10.0 Å². The van der Waals surface area contributed by atoms with E-state index in [9.17, 15) is 0 Å². The molecule has 0 saturated heterocycles. The molecule has 0 unspecified atom stereocenters. The lowest BCUT2D eigenvalue weighted by Gasteiger charge is -2.06. The highest BCUT2D eigenvalue weighted by molar-refractivity contribution is 6.37. The monoisotopic (exact) mass is 216 g/mol. The Labute approximate surface area is 87.9 Å². The lowest BCUT2D eigenvalue weighted by Crippen LogP contribution is -1.86. The molecular weight excluding hydrogens is 207 g/mol. The average molecular weight is 217 g/mol. The normalized spacial score (nSPS) is 10.8. The number of hydrogen-bond donors (Lipinski definition) is 0. The van der Waals surface area contributed by atoms with Crippen LogP contribution in [0, 0.1) is 0 Å². The Morgan fingerprint density at radius 3 is 2.15 bits per heavy atom. The Bertz CT molecular complexity index is 309. The van der Waals surface area contributed by atoms with Crippen molar-refractivity contribution in [1.29, 1.82) is 0 Å². The van der Waals surface area contributed by atoms with Crippen LogP contribution in [0.15, 0.2) is 18.2 Å². The number of allylic oxidation sites excluding steroid dienone is 1. The quantitative estimate of drug-likeness (QED) is 0.726. The Morgan fingerprint density at radius 1 is 1.23 bits per heavy atom. The molecule has 13 heavy (non-hydrogen) atoms. The minimum Gasteiger partial charge on any atom is -0.494 e. The van der Waals surface area contributed by atoms with E-state index in [0.717, 1.165) is 5.56 Å². The SMILES string of the molecule is C/C=C/c1cc(Cl)c(OC)c(Cl)c1. The summed E-state index contributed by atoms with van der Waals surface area (Å²) in [6.45, 7) is 1.94. The van der Waals surface area contributed by atoms with Gasteiger partial charge in [-0.25, -0.2) is 0 Å². The molecule has 0 spiro atoms. The Morgan fingerprint density at radius 2 is 1.77 bits per heavy atom. The van der Waals surface area contributed by atoms with Crippen LogP contribution >= 0.6 is 23.2 Å². The van der Waals surface area contributed by atoms with Crippen molar-refractivity contribution in [2.24, 2.45) is 0 Å². The van der Waals surface area contributed by atoms with E-state index in [1.165, 1.54) is 0 Å². The van der Waals surface area contributed by atoms with Gasteiger partial charge in [0.25, 0.3) is 0 Å². The molecule has 0 fully saturated rings. The molecule has 0 N–H and O–H groups in total. The maximum Gasteiger partial charge on any atom is 0.156 e. The maximum absolute atomic E-state index is 5.93. The fraction of sp³-hybridized carbons (Fsp3) is 0.200. The fourth-order valence-electron chi connectivity index (χ4n) is 1.06. The third kappa shape index (κ3) is 2.39. The second-order valence-electron chi connectivity index (χ2n) is 2.52. The number of halogens is 2. The van der Waals surface area contributed by atoms with Crippen LogP contribution in [0.1, 0.15) is 12.5 Å². The highest BCUT2D eigenvalue weighted by atomic mass is 35.5. The van der Waals surface area contributed by atoms with Crippen molar-refractivity contribution < 1.29 is 4.74 Å². The summed E-state index contributed by atoms with van der Waals surface area (Å²) in [5.74, 6) is 0.525. The van der Waals surface area contributed by atoms with Crippen molar-refractivity contribution in [3.63, 3.8) is 0 Å². The van der Waals surface area contributed by atoms with Crippen LogP contribution in [-0.4, -0.2) is 7.11 Å². The molecule has 1 aromatic rings. The zero-order chi connectivity index (χ0) is 9.84. The first-order valence-electron chi connectivity index (χ1n) is 3.84. The first-order chi connectivity index (χ1) is 6.19. The summed E-state index contributed by atoms with van der Waals surface area (Å²) in [7, 11) is 1.54. The smallest absolute Gasteiger partial charge is 0.156 e. The van der Waals surface area contributed by atoms with Crippen molar-refractivity contribution in [3.8, 4) is 5.75 Å². The third-order valence-corrected chi connectivity index (χ3v) is 2.15. The lowest BCUT2D eigenvalue weighted by molar-refractivity contribution is 0.415. The first-order valence-corrected chi connectivity index (χ1v) is 4.60. The van der Waals surface area contributed by atoms with Crippen LogP contribution in [0.25, 0.3) is 6.08 Å². The van der Waals surface area contributed by atoms with Gasteiger partial charge in [0.1, 0.15) is 0 Å². The van der Waals surface area contributed by atoms with Gasteiger partial charge >= 0.3 is 0 Å². The highest BCUT2D eigenvalue weighted by Crippen LogP contribution is 2.34. The molecule has 70 valence electrons. The van der Waals surface area contributed by atoms with Crippen LogP contribution in [0.4, 0.5) is 0 Å². The molecule has 0 radical (unpaired) electrons. The number of hydrogen-bond acceptors (Lipinski definition) is 1. The predicted molar refractivity (Wildman–Crippen MR) is 57.7 cm³/mol. The molecule has 0 atom stereocenters.